The molecule has 1 aromatic carbocycles. The van der Waals surface area contributed by atoms with Crippen molar-refractivity contribution in [3.63, 3.8) is 0 Å². The van der Waals surface area contributed by atoms with Crippen LogP contribution in [0.1, 0.15) is 56.3 Å². The van der Waals surface area contributed by atoms with Crippen LogP contribution in [0.4, 0.5) is 0 Å². The third-order valence-corrected chi connectivity index (χ3v) is 4.68. The lowest BCUT2D eigenvalue weighted by molar-refractivity contribution is -0.139. The molecule has 0 aromatic heterocycles. The summed E-state index contributed by atoms with van der Waals surface area (Å²) in [4.78, 5) is 23.1. The topological polar surface area (TPSA) is 84.9 Å². The number of amides is 1. The van der Waals surface area contributed by atoms with E-state index in [0.29, 0.717) is 30.2 Å². The van der Waals surface area contributed by atoms with Gasteiger partial charge >= 0.3 is 5.97 Å². The van der Waals surface area contributed by atoms with Crippen molar-refractivity contribution >= 4 is 11.9 Å². The van der Waals surface area contributed by atoms with Crippen LogP contribution in [0.5, 0.6) is 11.5 Å². The van der Waals surface area contributed by atoms with Crippen LogP contribution in [0.3, 0.4) is 0 Å². The Kier molecular flexibility index (Phi) is 6.67. The number of carbonyl (C=O) groups excluding carboxylic acids is 1. The molecule has 0 heterocycles. The molecule has 1 amide bonds. The summed E-state index contributed by atoms with van der Waals surface area (Å²) in [5.74, 6) is -0.510. The largest absolute Gasteiger partial charge is 0.490 e. The average molecular weight is 349 g/mol. The van der Waals surface area contributed by atoms with Gasteiger partial charge < -0.3 is 19.9 Å². The normalized spacial score (nSPS) is 15.1. The molecular weight excluding hydrogens is 322 g/mol. The average Bonchev–Trinajstić information content (AvgIpc) is 2.55. The van der Waals surface area contributed by atoms with Gasteiger partial charge in [0.25, 0.3) is 5.91 Å². The van der Waals surface area contributed by atoms with Crippen LogP contribution in [0.2, 0.25) is 0 Å². The van der Waals surface area contributed by atoms with Crippen LogP contribution in [0.15, 0.2) is 18.2 Å². The van der Waals surface area contributed by atoms with E-state index >= 15 is 0 Å². The number of carboxylic acids is 1. The SMILES string of the molecule is CCCC1(CNC(=O)c2ccc(OCC(=O)O)c(OCC)c2)CCC1. The Hall–Kier alpha value is -2.24. The summed E-state index contributed by atoms with van der Waals surface area (Å²) >= 11 is 0. The van der Waals surface area contributed by atoms with Crippen molar-refractivity contribution in [3.05, 3.63) is 23.8 Å². The summed E-state index contributed by atoms with van der Waals surface area (Å²) < 4.78 is 10.7. The lowest BCUT2D eigenvalue weighted by Gasteiger charge is -2.42. The number of carbonyl (C=O) groups is 2. The molecule has 1 aliphatic rings. The fourth-order valence-corrected chi connectivity index (χ4v) is 3.27. The second-order valence-electron chi connectivity index (χ2n) is 6.56. The lowest BCUT2D eigenvalue weighted by atomic mass is 9.66. The van der Waals surface area contributed by atoms with Gasteiger partial charge in [0.15, 0.2) is 18.1 Å². The Morgan fingerprint density at radius 3 is 2.52 bits per heavy atom. The molecule has 1 saturated carbocycles. The standard InChI is InChI=1S/C19H27NO5/c1-3-8-19(9-5-10-19)13-20-18(23)14-6-7-15(25-12-17(21)22)16(11-14)24-4-2/h6-7,11H,3-5,8-10,12-13H2,1-2H3,(H,20,23)(H,21,22). The molecule has 6 nitrogen and oxygen atoms in total. The Balaban J connectivity index is 2.03. The predicted molar refractivity (Wildman–Crippen MR) is 94.3 cm³/mol. The lowest BCUT2D eigenvalue weighted by Crippen LogP contribution is -2.42. The van der Waals surface area contributed by atoms with Gasteiger partial charge in [-0.15, -0.1) is 0 Å². The maximum absolute atomic E-state index is 12.5. The second kappa shape index (κ2) is 8.74. The summed E-state index contributed by atoms with van der Waals surface area (Å²) in [6.07, 6.45) is 5.85. The van der Waals surface area contributed by atoms with E-state index in [9.17, 15) is 9.59 Å². The molecule has 1 aliphatic carbocycles. The maximum Gasteiger partial charge on any atom is 0.341 e. The number of nitrogens with one attached hydrogen (secondary N) is 1. The predicted octanol–water partition coefficient (Wildman–Crippen LogP) is 3.25. The van der Waals surface area contributed by atoms with Gasteiger partial charge in [0.05, 0.1) is 6.61 Å². The highest BCUT2D eigenvalue weighted by Crippen LogP contribution is 2.44. The quantitative estimate of drug-likeness (QED) is 0.677. The van der Waals surface area contributed by atoms with Crippen molar-refractivity contribution in [2.45, 2.75) is 46.0 Å². The van der Waals surface area contributed by atoms with Crippen LogP contribution in [0.25, 0.3) is 0 Å². The molecule has 0 atom stereocenters. The van der Waals surface area contributed by atoms with Gasteiger partial charge in [-0.3, -0.25) is 4.79 Å². The zero-order valence-electron chi connectivity index (χ0n) is 15.0. The smallest absolute Gasteiger partial charge is 0.341 e. The summed E-state index contributed by atoms with van der Waals surface area (Å²) in [5.41, 5.74) is 0.745. The number of carboxylic acid groups (broad SMARTS) is 1. The van der Waals surface area contributed by atoms with E-state index in [1.165, 1.54) is 19.3 Å². The van der Waals surface area contributed by atoms with Crippen molar-refractivity contribution in [1.29, 1.82) is 0 Å². The van der Waals surface area contributed by atoms with Crippen LogP contribution in [0, 0.1) is 5.41 Å². The van der Waals surface area contributed by atoms with Crippen molar-refractivity contribution in [1.82, 2.24) is 5.32 Å². The van der Waals surface area contributed by atoms with E-state index in [0.717, 1.165) is 12.8 Å². The molecule has 0 spiro atoms. The van der Waals surface area contributed by atoms with E-state index in [-0.39, 0.29) is 11.3 Å². The van der Waals surface area contributed by atoms with E-state index in [2.05, 4.69) is 12.2 Å². The summed E-state index contributed by atoms with van der Waals surface area (Å²) in [5, 5.41) is 11.8. The van der Waals surface area contributed by atoms with E-state index < -0.39 is 12.6 Å². The summed E-state index contributed by atoms with van der Waals surface area (Å²) in [7, 11) is 0. The van der Waals surface area contributed by atoms with Crippen molar-refractivity contribution in [2.24, 2.45) is 5.41 Å². The van der Waals surface area contributed by atoms with Gasteiger partial charge in [-0.05, 0) is 49.8 Å². The molecule has 1 fully saturated rings. The van der Waals surface area contributed by atoms with Gasteiger partial charge in [-0.25, -0.2) is 4.79 Å². The van der Waals surface area contributed by atoms with E-state index in [1.54, 1.807) is 18.2 Å². The minimum atomic E-state index is -1.06. The molecule has 0 radical (unpaired) electrons. The Morgan fingerprint density at radius 1 is 1.20 bits per heavy atom. The fraction of sp³-hybridized carbons (Fsp3) is 0.579. The Bertz CT molecular complexity index is 610. The number of rotatable bonds is 10. The molecule has 1 aromatic rings. The molecule has 2 rings (SSSR count). The molecule has 0 unspecified atom stereocenters. The molecule has 25 heavy (non-hydrogen) atoms. The van der Waals surface area contributed by atoms with Gasteiger partial charge in [-0.1, -0.05) is 19.8 Å². The van der Waals surface area contributed by atoms with Crippen molar-refractivity contribution in [3.8, 4) is 11.5 Å². The molecule has 6 heteroatoms. The van der Waals surface area contributed by atoms with Crippen LogP contribution in [-0.4, -0.2) is 36.7 Å². The zero-order chi connectivity index (χ0) is 18.3. The molecule has 2 N–H and O–H groups in total. The highest BCUT2D eigenvalue weighted by atomic mass is 16.5. The third-order valence-electron chi connectivity index (χ3n) is 4.68. The van der Waals surface area contributed by atoms with Crippen LogP contribution < -0.4 is 14.8 Å². The molecule has 138 valence electrons. The first kappa shape index (κ1) is 19.1. The minimum absolute atomic E-state index is 0.145. The van der Waals surface area contributed by atoms with Gasteiger partial charge in [-0.2, -0.15) is 0 Å². The highest BCUT2D eigenvalue weighted by Gasteiger charge is 2.36. The first-order valence-corrected chi connectivity index (χ1v) is 8.89. The Morgan fingerprint density at radius 2 is 1.96 bits per heavy atom. The van der Waals surface area contributed by atoms with Gasteiger partial charge in [0.1, 0.15) is 0 Å². The van der Waals surface area contributed by atoms with Gasteiger partial charge in [0.2, 0.25) is 0 Å². The molecule has 0 bridgehead atoms. The first-order chi connectivity index (χ1) is 12.0. The maximum atomic E-state index is 12.5. The fourth-order valence-electron chi connectivity index (χ4n) is 3.27. The van der Waals surface area contributed by atoms with E-state index in [1.807, 2.05) is 6.92 Å². The summed E-state index contributed by atoms with van der Waals surface area (Å²) in [6.45, 7) is 4.63. The number of benzene rings is 1. The van der Waals surface area contributed by atoms with Crippen molar-refractivity contribution in [2.75, 3.05) is 19.8 Å². The molecule has 0 saturated heterocycles. The molecular formula is C19H27NO5. The van der Waals surface area contributed by atoms with Gasteiger partial charge in [0, 0.05) is 12.1 Å². The number of hydrogen-bond acceptors (Lipinski definition) is 4. The number of hydrogen-bond donors (Lipinski definition) is 2. The first-order valence-electron chi connectivity index (χ1n) is 8.89. The van der Waals surface area contributed by atoms with Crippen molar-refractivity contribution < 1.29 is 24.2 Å². The number of aliphatic carboxylic acids is 1. The van der Waals surface area contributed by atoms with Crippen LogP contribution in [-0.2, 0) is 4.79 Å². The zero-order valence-corrected chi connectivity index (χ0v) is 15.0. The second-order valence-corrected chi connectivity index (χ2v) is 6.56. The summed E-state index contributed by atoms with van der Waals surface area (Å²) in [6, 6.07) is 4.81. The monoisotopic (exact) mass is 349 g/mol. The highest BCUT2D eigenvalue weighted by molar-refractivity contribution is 5.94. The Labute approximate surface area is 148 Å². The molecule has 0 aliphatic heterocycles. The number of ether oxygens (including phenoxy) is 2. The van der Waals surface area contributed by atoms with E-state index in [4.69, 9.17) is 14.6 Å². The minimum Gasteiger partial charge on any atom is -0.490 e. The van der Waals surface area contributed by atoms with Crippen LogP contribution >= 0.6 is 0 Å². The third kappa shape index (κ3) is 5.11.